The lowest BCUT2D eigenvalue weighted by atomic mass is 10.1. The zero-order valence-electron chi connectivity index (χ0n) is 9.40. The summed E-state index contributed by atoms with van der Waals surface area (Å²) in [6, 6.07) is 8.61. The third-order valence-electron chi connectivity index (χ3n) is 2.28. The minimum absolute atomic E-state index is 0.873. The molecule has 0 nitrogen and oxygen atoms in total. The number of benzene rings is 1. The highest BCUT2D eigenvalue weighted by atomic mass is 79.9. The molecule has 1 aromatic carbocycles. The maximum atomic E-state index is 3.46. The molecule has 1 fully saturated rings. The van der Waals surface area contributed by atoms with Crippen LogP contribution in [0, 0.1) is 0 Å². The van der Waals surface area contributed by atoms with Gasteiger partial charge in [-0.15, -0.1) is 0 Å². The van der Waals surface area contributed by atoms with Gasteiger partial charge >= 0.3 is 0 Å². The van der Waals surface area contributed by atoms with E-state index in [2.05, 4.69) is 53.4 Å². The van der Waals surface area contributed by atoms with Crippen molar-refractivity contribution in [2.75, 3.05) is 0 Å². The fourth-order valence-electron chi connectivity index (χ4n) is 1.33. The Morgan fingerprint density at radius 1 is 1.12 bits per heavy atom. The molecule has 0 bridgehead atoms. The van der Waals surface area contributed by atoms with Crippen LogP contribution in [0.2, 0.25) is 0 Å². The van der Waals surface area contributed by atoms with Gasteiger partial charge in [-0.25, -0.2) is 0 Å². The Balaban J connectivity index is 0.000000187. The molecule has 84 valence electrons. The minimum Gasteiger partial charge on any atom is -0.0991 e. The predicted octanol–water partition coefficient (Wildman–Crippen LogP) is 5.24. The largest absolute Gasteiger partial charge is 0.0991 e. The normalized spacial score (nSPS) is 14.1. The molecule has 1 heteroatoms. The van der Waals surface area contributed by atoms with E-state index in [1.165, 1.54) is 22.9 Å². The molecule has 0 heterocycles. The van der Waals surface area contributed by atoms with E-state index in [0.717, 1.165) is 5.92 Å². The van der Waals surface area contributed by atoms with Gasteiger partial charge in [-0.05, 0) is 36.5 Å². The Morgan fingerprint density at radius 3 is 2.19 bits per heavy atom. The van der Waals surface area contributed by atoms with Gasteiger partial charge in [-0.2, -0.15) is 0 Å². The van der Waals surface area contributed by atoms with Crippen LogP contribution in [0.15, 0.2) is 66.2 Å². The summed E-state index contributed by atoms with van der Waals surface area (Å²) in [5.74, 6) is 0.873. The molecular weight excluding hydrogens is 260 g/mol. The van der Waals surface area contributed by atoms with Crippen molar-refractivity contribution < 1.29 is 0 Å². The van der Waals surface area contributed by atoms with Crippen LogP contribution in [0.1, 0.15) is 24.3 Å². The third kappa shape index (κ3) is 5.13. The van der Waals surface area contributed by atoms with Gasteiger partial charge in [0.1, 0.15) is 0 Å². The second-order valence-corrected chi connectivity index (χ2v) is 4.60. The van der Waals surface area contributed by atoms with Gasteiger partial charge in [-0.3, -0.25) is 0 Å². The number of halogens is 1. The average Bonchev–Trinajstić information content (AvgIpc) is 3.11. The van der Waals surface area contributed by atoms with Crippen molar-refractivity contribution in [1.29, 1.82) is 0 Å². The van der Waals surface area contributed by atoms with E-state index in [9.17, 15) is 0 Å². The standard InChI is InChI=1S/C9H9Br.C6H8/c10-9-3-1-2-8(6-9)7-4-5-7;1-3-5-6-4-2/h1-3,6-7H,4-5H2;3-6H,1-2H2/b;6-5-. The lowest BCUT2D eigenvalue weighted by Crippen LogP contribution is -1.76. The third-order valence-corrected chi connectivity index (χ3v) is 2.77. The van der Waals surface area contributed by atoms with Crippen molar-refractivity contribution in [3.63, 3.8) is 0 Å². The van der Waals surface area contributed by atoms with Crippen molar-refractivity contribution in [1.82, 2.24) is 0 Å². The molecule has 1 aliphatic carbocycles. The van der Waals surface area contributed by atoms with Crippen molar-refractivity contribution in [2.24, 2.45) is 0 Å². The fourth-order valence-corrected chi connectivity index (χ4v) is 1.75. The first-order valence-electron chi connectivity index (χ1n) is 5.43. The predicted molar refractivity (Wildman–Crippen MR) is 75.7 cm³/mol. The smallest absolute Gasteiger partial charge is 0.0178 e. The fraction of sp³-hybridized carbons (Fsp3) is 0.200. The van der Waals surface area contributed by atoms with E-state index in [1.54, 1.807) is 12.2 Å². The molecule has 1 saturated carbocycles. The topological polar surface area (TPSA) is 0 Å². The first kappa shape index (κ1) is 13.0. The lowest BCUT2D eigenvalue weighted by molar-refractivity contribution is 1.13. The van der Waals surface area contributed by atoms with Gasteiger partial charge < -0.3 is 0 Å². The van der Waals surface area contributed by atoms with Crippen LogP contribution in [0.3, 0.4) is 0 Å². The van der Waals surface area contributed by atoms with Gasteiger partial charge in [0, 0.05) is 4.47 Å². The zero-order valence-corrected chi connectivity index (χ0v) is 11.0. The summed E-state index contributed by atoms with van der Waals surface area (Å²) >= 11 is 3.46. The first-order valence-corrected chi connectivity index (χ1v) is 6.23. The molecule has 16 heavy (non-hydrogen) atoms. The molecule has 0 amide bonds. The number of allylic oxidation sites excluding steroid dienone is 4. The maximum absolute atomic E-state index is 3.46. The summed E-state index contributed by atoms with van der Waals surface area (Å²) in [4.78, 5) is 0. The van der Waals surface area contributed by atoms with Crippen LogP contribution in [0.5, 0.6) is 0 Å². The maximum Gasteiger partial charge on any atom is 0.0178 e. The summed E-state index contributed by atoms with van der Waals surface area (Å²) in [5.41, 5.74) is 1.49. The van der Waals surface area contributed by atoms with Crippen LogP contribution in [-0.2, 0) is 0 Å². The highest BCUT2D eigenvalue weighted by Gasteiger charge is 2.22. The highest BCUT2D eigenvalue weighted by molar-refractivity contribution is 9.10. The number of hydrogen-bond acceptors (Lipinski definition) is 0. The molecule has 0 saturated heterocycles. The van der Waals surface area contributed by atoms with Crippen LogP contribution in [-0.4, -0.2) is 0 Å². The Bertz CT molecular complexity index is 363. The Labute approximate surface area is 107 Å². The Kier molecular flexibility index (Phi) is 5.87. The molecule has 0 N–H and O–H groups in total. The summed E-state index contributed by atoms with van der Waals surface area (Å²) < 4.78 is 1.21. The molecule has 1 aromatic rings. The molecular formula is C15H17Br. The number of hydrogen-bond donors (Lipinski definition) is 0. The van der Waals surface area contributed by atoms with E-state index >= 15 is 0 Å². The van der Waals surface area contributed by atoms with Gasteiger partial charge in [0.25, 0.3) is 0 Å². The molecule has 0 radical (unpaired) electrons. The molecule has 0 aromatic heterocycles. The second kappa shape index (κ2) is 7.24. The lowest BCUT2D eigenvalue weighted by Gasteiger charge is -1.96. The Hall–Kier alpha value is -1.08. The highest BCUT2D eigenvalue weighted by Crippen LogP contribution is 2.40. The first-order chi connectivity index (χ1) is 7.77. The van der Waals surface area contributed by atoms with E-state index in [-0.39, 0.29) is 0 Å². The van der Waals surface area contributed by atoms with E-state index in [0.29, 0.717) is 0 Å². The van der Waals surface area contributed by atoms with Gasteiger partial charge in [-0.1, -0.05) is 65.5 Å². The van der Waals surface area contributed by atoms with Crippen molar-refractivity contribution in [2.45, 2.75) is 18.8 Å². The monoisotopic (exact) mass is 276 g/mol. The average molecular weight is 277 g/mol. The molecule has 0 atom stereocenters. The van der Waals surface area contributed by atoms with Gasteiger partial charge in [0.15, 0.2) is 0 Å². The van der Waals surface area contributed by atoms with Crippen LogP contribution < -0.4 is 0 Å². The molecule has 1 aliphatic rings. The number of rotatable bonds is 3. The minimum atomic E-state index is 0.873. The van der Waals surface area contributed by atoms with Crippen molar-refractivity contribution in [3.05, 3.63) is 71.8 Å². The van der Waals surface area contributed by atoms with Crippen LogP contribution in [0.4, 0.5) is 0 Å². The van der Waals surface area contributed by atoms with Crippen molar-refractivity contribution >= 4 is 15.9 Å². The van der Waals surface area contributed by atoms with Crippen LogP contribution in [0.25, 0.3) is 0 Å². The summed E-state index contributed by atoms with van der Waals surface area (Å²) in [6.07, 6.45) is 9.84. The second-order valence-electron chi connectivity index (χ2n) is 3.69. The molecule has 0 aliphatic heterocycles. The quantitative estimate of drug-likeness (QED) is 0.663. The Morgan fingerprint density at radius 2 is 1.75 bits per heavy atom. The van der Waals surface area contributed by atoms with Gasteiger partial charge in [0.2, 0.25) is 0 Å². The van der Waals surface area contributed by atoms with Gasteiger partial charge in [0.05, 0.1) is 0 Å². The van der Waals surface area contributed by atoms with E-state index < -0.39 is 0 Å². The molecule has 2 rings (SSSR count). The van der Waals surface area contributed by atoms with E-state index in [1.807, 2.05) is 12.2 Å². The van der Waals surface area contributed by atoms with Crippen LogP contribution >= 0.6 is 15.9 Å². The summed E-state index contributed by atoms with van der Waals surface area (Å²) in [6.45, 7) is 6.93. The van der Waals surface area contributed by atoms with E-state index in [4.69, 9.17) is 0 Å². The molecule has 0 spiro atoms. The van der Waals surface area contributed by atoms with Crippen molar-refractivity contribution in [3.8, 4) is 0 Å². The zero-order chi connectivity index (χ0) is 11.8. The summed E-state index contributed by atoms with van der Waals surface area (Å²) in [7, 11) is 0. The summed E-state index contributed by atoms with van der Waals surface area (Å²) in [5, 5.41) is 0. The molecule has 0 unspecified atom stereocenters. The SMILES string of the molecule is Brc1cccc(C2CC2)c1.C=C/C=C\C=C.